The van der Waals surface area contributed by atoms with Crippen LogP contribution in [0.3, 0.4) is 0 Å². The molecule has 2 rings (SSSR count). The fraction of sp³-hybridized carbons (Fsp3) is 0.125. The van der Waals surface area contributed by atoms with Crippen molar-refractivity contribution in [3.8, 4) is 0 Å². The average molecular weight is 384 g/mol. The lowest BCUT2D eigenvalue weighted by atomic mass is 10.1. The standard InChI is InChI=1S/C16H11Cl2NO6/c1-24-15(20)9-5-10(7-11(6-9)19(22)23)16(21)25-8-12-13(17)3-2-4-14(12)18/h2-7H,8H2,1H3. The molecule has 0 amide bonds. The highest BCUT2D eigenvalue weighted by atomic mass is 35.5. The number of carbonyl (C=O) groups excluding carboxylic acids is 2. The van der Waals surface area contributed by atoms with E-state index in [-0.39, 0.29) is 17.7 Å². The molecule has 7 nitrogen and oxygen atoms in total. The zero-order valence-electron chi connectivity index (χ0n) is 12.8. The highest BCUT2D eigenvalue weighted by Gasteiger charge is 2.19. The third-order valence-electron chi connectivity index (χ3n) is 3.19. The van der Waals surface area contributed by atoms with Gasteiger partial charge in [0.15, 0.2) is 0 Å². The van der Waals surface area contributed by atoms with E-state index < -0.39 is 22.5 Å². The first-order valence-electron chi connectivity index (χ1n) is 6.81. The first-order chi connectivity index (χ1) is 11.8. The lowest BCUT2D eigenvalue weighted by Crippen LogP contribution is -2.09. The van der Waals surface area contributed by atoms with E-state index in [2.05, 4.69) is 4.74 Å². The van der Waals surface area contributed by atoms with Gasteiger partial charge in [-0.15, -0.1) is 0 Å². The van der Waals surface area contributed by atoms with E-state index in [1.54, 1.807) is 18.2 Å². The molecule has 0 saturated carbocycles. The summed E-state index contributed by atoms with van der Waals surface area (Å²) in [6.07, 6.45) is 0. The number of non-ortho nitro benzene ring substituents is 1. The molecule has 0 unspecified atom stereocenters. The summed E-state index contributed by atoms with van der Waals surface area (Å²) in [5, 5.41) is 11.6. The lowest BCUT2D eigenvalue weighted by Gasteiger charge is -2.09. The van der Waals surface area contributed by atoms with E-state index in [4.69, 9.17) is 27.9 Å². The van der Waals surface area contributed by atoms with Gasteiger partial charge < -0.3 is 9.47 Å². The first kappa shape index (κ1) is 18.7. The minimum Gasteiger partial charge on any atom is -0.465 e. The molecular weight excluding hydrogens is 373 g/mol. The number of halogens is 2. The van der Waals surface area contributed by atoms with Crippen LogP contribution in [0.15, 0.2) is 36.4 Å². The molecule has 0 heterocycles. The Hall–Kier alpha value is -2.64. The Morgan fingerprint density at radius 1 is 1.08 bits per heavy atom. The first-order valence-corrected chi connectivity index (χ1v) is 7.57. The number of carbonyl (C=O) groups is 2. The third-order valence-corrected chi connectivity index (χ3v) is 3.90. The predicted octanol–water partition coefficient (Wildman–Crippen LogP) is 4.05. The molecule has 0 aliphatic rings. The Bertz CT molecular complexity index is 832. The van der Waals surface area contributed by atoms with Crippen LogP contribution in [0.4, 0.5) is 5.69 Å². The molecule has 0 N–H and O–H groups in total. The van der Waals surface area contributed by atoms with Crippen LogP contribution in [0.5, 0.6) is 0 Å². The molecule has 0 radical (unpaired) electrons. The summed E-state index contributed by atoms with van der Waals surface area (Å²) >= 11 is 12.0. The topological polar surface area (TPSA) is 95.7 Å². The van der Waals surface area contributed by atoms with Gasteiger partial charge in [0, 0.05) is 27.7 Å². The predicted molar refractivity (Wildman–Crippen MR) is 90.0 cm³/mol. The second-order valence-corrected chi connectivity index (χ2v) is 5.61. The maximum absolute atomic E-state index is 12.2. The van der Waals surface area contributed by atoms with Crippen LogP contribution in [-0.4, -0.2) is 24.0 Å². The van der Waals surface area contributed by atoms with Crippen molar-refractivity contribution >= 4 is 40.8 Å². The van der Waals surface area contributed by atoms with Gasteiger partial charge in [0.2, 0.25) is 0 Å². The highest BCUT2D eigenvalue weighted by Crippen LogP contribution is 2.26. The molecule has 9 heteroatoms. The van der Waals surface area contributed by atoms with Crippen molar-refractivity contribution in [3.63, 3.8) is 0 Å². The number of hydrogen-bond donors (Lipinski definition) is 0. The molecule has 0 fully saturated rings. The Kier molecular flexibility index (Phi) is 5.95. The van der Waals surface area contributed by atoms with E-state index in [9.17, 15) is 19.7 Å². The van der Waals surface area contributed by atoms with Gasteiger partial charge in [-0.2, -0.15) is 0 Å². The van der Waals surface area contributed by atoms with Gasteiger partial charge in [0.05, 0.1) is 23.2 Å². The molecule has 0 aliphatic heterocycles. The van der Waals surface area contributed by atoms with E-state index in [0.717, 1.165) is 25.3 Å². The van der Waals surface area contributed by atoms with Gasteiger partial charge in [-0.25, -0.2) is 9.59 Å². The van der Waals surface area contributed by atoms with E-state index >= 15 is 0 Å². The minimum atomic E-state index is -0.871. The molecule has 0 spiro atoms. The maximum atomic E-state index is 12.2. The summed E-state index contributed by atoms with van der Waals surface area (Å²) in [5.41, 5.74) is -0.347. The van der Waals surface area contributed by atoms with Crippen molar-refractivity contribution in [1.29, 1.82) is 0 Å². The van der Waals surface area contributed by atoms with Crippen LogP contribution in [0, 0.1) is 10.1 Å². The number of nitro benzene ring substituents is 1. The van der Waals surface area contributed by atoms with Crippen LogP contribution in [0.1, 0.15) is 26.3 Å². The fourth-order valence-electron chi connectivity index (χ4n) is 1.96. The van der Waals surface area contributed by atoms with E-state index in [1.807, 2.05) is 0 Å². The second kappa shape index (κ2) is 7.96. The molecule has 0 bridgehead atoms. The molecule has 25 heavy (non-hydrogen) atoms. The molecule has 130 valence electrons. The SMILES string of the molecule is COC(=O)c1cc(C(=O)OCc2c(Cl)cccc2Cl)cc([N+](=O)[O-])c1. The van der Waals surface area contributed by atoms with Crippen LogP contribution in [-0.2, 0) is 16.1 Å². The molecule has 0 aliphatic carbocycles. The number of ether oxygens (including phenoxy) is 2. The third kappa shape index (κ3) is 4.46. The number of hydrogen-bond acceptors (Lipinski definition) is 6. The Labute approximate surface area is 152 Å². The monoisotopic (exact) mass is 383 g/mol. The number of nitrogens with zero attached hydrogens (tertiary/aromatic N) is 1. The largest absolute Gasteiger partial charge is 0.465 e. The van der Waals surface area contributed by atoms with Crippen molar-refractivity contribution in [3.05, 3.63) is 73.2 Å². The average Bonchev–Trinajstić information content (AvgIpc) is 2.59. The molecule has 0 atom stereocenters. The van der Waals surface area contributed by atoms with Gasteiger partial charge in [-0.3, -0.25) is 10.1 Å². The highest BCUT2D eigenvalue weighted by molar-refractivity contribution is 6.35. The van der Waals surface area contributed by atoms with Crippen molar-refractivity contribution in [2.24, 2.45) is 0 Å². The number of methoxy groups -OCH3 is 1. The smallest absolute Gasteiger partial charge is 0.338 e. The summed E-state index contributed by atoms with van der Waals surface area (Å²) in [7, 11) is 1.12. The number of rotatable bonds is 5. The molecule has 0 saturated heterocycles. The van der Waals surface area contributed by atoms with Crippen molar-refractivity contribution in [2.75, 3.05) is 7.11 Å². The summed E-state index contributed by atoms with van der Waals surface area (Å²) in [4.78, 5) is 34.0. The van der Waals surface area contributed by atoms with Gasteiger partial charge in [-0.05, 0) is 18.2 Å². The van der Waals surface area contributed by atoms with Crippen LogP contribution in [0.2, 0.25) is 10.0 Å². The Morgan fingerprint density at radius 3 is 2.16 bits per heavy atom. The van der Waals surface area contributed by atoms with E-state index in [1.165, 1.54) is 0 Å². The van der Waals surface area contributed by atoms with Crippen molar-refractivity contribution < 1.29 is 24.0 Å². The fourth-order valence-corrected chi connectivity index (χ4v) is 2.47. The van der Waals surface area contributed by atoms with Gasteiger partial charge >= 0.3 is 11.9 Å². The molecule has 0 aromatic heterocycles. The lowest BCUT2D eigenvalue weighted by molar-refractivity contribution is -0.384. The number of nitro groups is 1. The summed E-state index contributed by atoms with van der Waals surface area (Å²) in [6.45, 7) is -0.229. The van der Waals surface area contributed by atoms with E-state index in [0.29, 0.717) is 15.6 Å². The Morgan fingerprint density at radius 2 is 1.64 bits per heavy atom. The maximum Gasteiger partial charge on any atom is 0.338 e. The van der Waals surface area contributed by atoms with Gasteiger partial charge in [-0.1, -0.05) is 29.3 Å². The molecular formula is C16H11Cl2NO6. The van der Waals surface area contributed by atoms with Crippen molar-refractivity contribution in [2.45, 2.75) is 6.61 Å². The summed E-state index contributed by atoms with van der Waals surface area (Å²) < 4.78 is 9.61. The zero-order chi connectivity index (χ0) is 18.6. The summed E-state index contributed by atoms with van der Waals surface area (Å²) in [6, 6.07) is 7.96. The van der Waals surface area contributed by atoms with Gasteiger partial charge in [0.25, 0.3) is 5.69 Å². The number of esters is 2. The molecule has 2 aromatic carbocycles. The van der Waals surface area contributed by atoms with Crippen LogP contribution >= 0.6 is 23.2 Å². The van der Waals surface area contributed by atoms with Crippen LogP contribution < -0.4 is 0 Å². The minimum absolute atomic E-state index is 0.139. The van der Waals surface area contributed by atoms with Crippen LogP contribution in [0.25, 0.3) is 0 Å². The second-order valence-electron chi connectivity index (χ2n) is 4.79. The molecule has 2 aromatic rings. The normalized spacial score (nSPS) is 10.2. The zero-order valence-corrected chi connectivity index (χ0v) is 14.3. The quantitative estimate of drug-likeness (QED) is 0.439. The Balaban J connectivity index is 2.28. The van der Waals surface area contributed by atoms with Gasteiger partial charge in [0.1, 0.15) is 6.61 Å². The summed E-state index contributed by atoms with van der Waals surface area (Å²) in [5.74, 6) is -1.68. The number of benzene rings is 2. The van der Waals surface area contributed by atoms with Crippen molar-refractivity contribution in [1.82, 2.24) is 0 Å².